The number of imidazole rings is 1. The molecule has 3 amide bonds. The molecule has 13 rings (SSSR count). The van der Waals surface area contributed by atoms with Crippen molar-refractivity contribution in [3.8, 4) is 11.4 Å². The number of pyridine rings is 6. The first-order valence-corrected chi connectivity index (χ1v) is 24.2. The van der Waals surface area contributed by atoms with Crippen LogP contribution in [0.4, 0.5) is 17.1 Å². The predicted octanol–water partition coefficient (Wildman–Crippen LogP) is 9.52. The summed E-state index contributed by atoms with van der Waals surface area (Å²) in [6, 6.07) is 40.2. The summed E-state index contributed by atoms with van der Waals surface area (Å²) in [5, 5.41) is 15.5. The van der Waals surface area contributed by atoms with Crippen LogP contribution in [-0.4, -0.2) is 82.9 Å². The van der Waals surface area contributed by atoms with Gasteiger partial charge in [0.25, 0.3) is 17.7 Å². The zero-order chi connectivity index (χ0) is 52.8. The Morgan fingerprint density at radius 3 is 1.47 bits per heavy atom. The standard InChI is InChI=1S/C30H28N10O3.C18H10N4.C10H8N2.Ru/c1-38-11-10-33-27(38)30(43)37-20-14-24(40(3)16-20)29(42)36-19-13-23(39(2)15-19)28(41)35-17-34-22-12-18-6-4-8-31-25(18)26-21(22)7-5-9-32-26;1-2-8-14-13(7-1)21-17-11-5-3-9-19-15(11)16-12(18(17)22-14)6-4-10-20-16;1-3-7-11-9(5-1)10-6-2-4-8-12-10;/h4-16,34H,17H2,1-3H3,(H,35,41)(H,36,42)(H,37,43);1-10H;1-8H;. The molecule has 10 heterocycles. The van der Waals surface area contributed by atoms with Crippen LogP contribution < -0.4 is 21.3 Å². The topological polar surface area (TPSA) is 230 Å². The number of aryl methyl sites for hydroxylation is 3. The second-order valence-corrected chi connectivity index (χ2v) is 17.6. The van der Waals surface area contributed by atoms with Crippen LogP contribution in [0, 0.1) is 0 Å². The van der Waals surface area contributed by atoms with Crippen molar-refractivity contribution in [3.05, 3.63) is 207 Å². The number of benzene rings is 3. The van der Waals surface area contributed by atoms with Crippen LogP contribution in [0.5, 0.6) is 0 Å². The van der Waals surface area contributed by atoms with Gasteiger partial charge in [-0.1, -0.05) is 30.3 Å². The molecule has 19 nitrogen and oxygen atoms in total. The van der Waals surface area contributed by atoms with E-state index in [2.05, 4.69) is 56.2 Å². The smallest absolute Gasteiger partial charge is 0.291 e. The second kappa shape index (κ2) is 22.7. The van der Waals surface area contributed by atoms with Gasteiger partial charge in [0.05, 0.1) is 73.6 Å². The maximum absolute atomic E-state index is 13.0. The Kier molecular flexibility index (Phi) is 15.0. The maximum Gasteiger partial charge on any atom is 0.291 e. The molecular formula is C58H46N16O3Ru. The van der Waals surface area contributed by atoms with Crippen LogP contribution in [0.15, 0.2) is 189 Å². The molecule has 0 aliphatic carbocycles. The van der Waals surface area contributed by atoms with Crippen LogP contribution in [-0.2, 0) is 40.6 Å². The van der Waals surface area contributed by atoms with Gasteiger partial charge in [0.15, 0.2) is 5.82 Å². The average Bonchev–Trinajstić information content (AvgIpc) is 4.34. The number of anilines is 3. The van der Waals surface area contributed by atoms with Crippen molar-refractivity contribution in [2.45, 2.75) is 0 Å². The van der Waals surface area contributed by atoms with Crippen molar-refractivity contribution in [1.82, 2.24) is 63.9 Å². The molecule has 20 heteroatoms. The molecule has 0 bridgehead atoms. The van der Waals surface area contributed by atoms with E-state index in [-0.39, 0.29) is 43.8 Å². The number of hydrogen-bond acceptors (Lipinski definition) is 13. The molecule has 10 aromatic heterocycles. The Labute approximate surface area is 457 Å². The molecule has 0 fully saturated rings. The minimum Gasteiger partial charge on any atom is -0.367 e. The Morgan fingerprint density at radius 2 is 0.936 bits per heavy atom. The zero-order valence-corrected chi connectivity index (χ0v) is 43.8. The summed E-state index contributed by atoms with van der Waals surface area (Å²) in [5.41, 5.74) is 11.1. The number of carbonyl (C=O) groups is 3. The number of aromatic nitrogens is 12. The van der Waals surface area contributed by atoms with Gasteiger partial charge in [0.1, 0.15) is 11.4 Å². The Balaban J connectivity index is 0.000000161. The van der Waals surface area contributed by atoms with Crippen molar-refractivity contribution < 1.29 is 33.9 Å². The van der Waals surface area contributed by atoms with Crippen molar-refractivity contribution in [1.29, 1.82) is 0 Å². The van der Waals surface area contributed by atoms with E-state index in [0.29, 0.717) is 22.8 Å². The maximum atomic E-state index is 13.0. The first-order valence-electron chi connectivity index (χ1n) is 24.2. The first-order chi connectivity index (χ1) is 37.7. The van der Waals surface area contributed by atoms with Gasteiger partial charge in [-0.05, 0) is 97.1 Å². The molecule has 0 unspecified atom stereocenters. The fourth-order valence-electron chi connectivity index (χ4n) is 8.89. The average molecular weight is 1120 g/mol. The summed E-state index contributed by atoms with van der Waals surface area (Å²) in [6.45, 7) is 0.164. The molecular weight excluding hydrogens is 1070 g/mol. The number of para-hydroxylation sites is 2. The van der Waals surface area contributed by atoms with Crippen molar-refractivity contribution in [3.63, 3.8) is 0 Å². The SMILES string of the molecule is Cn1cc(NC(=O)c2cc(NC(=O)c3nccn3C)cn2C)cc1C(=O)NCNc1cc2cccnc2c2ncccc12.[Ru].c1ccc(-c2ccccn2)nc1.c1ccc2nc3c4cccnc4c4ncccc4c3nc2c1. The van der Waals surface area contributed by atoms with E-state index in [9.17, 15) is 14.4 Å². The largest absolute Gasteiger partial charge is 0.367 e. The molecule has 78 heavy (non-hydrogen) atoms. The molecule has 0 saturated carbocycles. The predicted molar refractivity (Wildman–Crippen MR) is 298 cm³/mol. The Hall–Kier alpha value is -10.2. The minimum absolute atomic E-state index is 0. The molecule has 0 radical (unpaired) electrons. The molecule has 0 atom stereocenters. The fourth-order valence-corrected chi connectivity index (χ4v) is 8.89. The number of amides is 3. The summed E-state index contributed by atoms with van der Waals surface area (Å²) in [4.78, 5) is 78.6. The van der Waals surface area contributed by atoms with E-state index < -0.39 is 5.91 Å². The number of rotatable bonds is 9. The third-order valence-electron chi connectivity index (χ3n) is 12.5. The van der Waals surface area contributed by atoms with Crippen molar-refractivity contribution in [2.24, 2.45) is 21.1 Å². The van der Waals surface area contributed by atoms with E-state index in [1.807, 2.05) is 115 Å². The molecule has 384 valence electrons. The number of nitrogens with one attached hydrogen (secondary N) is 4. The summed E-state index contributed by atoms with van der Waals surface area (Å²) < 4.78 is 4.84. The Bertz CT molecular complexity index is 4210. The third-order valence-corrected chi connectivity index (χ3v) is 12.5. The zero-order valence-electron chi connectivity index (χ0n) is 42.0. The van der Waals surface area contributed by atoms with E-state index in [4.69, 9.17) is 9.97 Å². The van der Waals surface area contributed by atoms with Crippen LogP contribution >= 0.6 is 0 Å². The van der Waals surface area contributed by atoms with E-state index in [1.165, 1.54) is 6.20 Å². The van der Waals surface area contributed by atoms with Crippen LogP contribution in [0.25, 0.3) is 77.1 Å². The summed E-state index contributed by atoms with van der Waals surface area (Å²) in [6.07, 6.45) is 17.1. The van der Waals surface area contributed by atoms with Gasteiger partial charge in [-0.25, -0.2) is 15.0 Å². The number of nitrogens with zero attached hydrogens (tertiary/aromatic N) is 12. The molecule has 0 spiro atoms. The van der Waals surface area contributed by atoms with Crippen molar-refractivity contribution >= 4 is 100 Å². The summed E-state index contributed by atoms with van der Waals surface area (Å²) >= 11 is 0. The fraction of sp³-hybridized carbons (Fsp3) is 0.0690. The second-order valence-electron chi connectivity index (χ2n) is 17.6. The summed E-state index contributed by atoms with van der Waals surface area (Å²) in [7, 11) is 5.15. The monoisotopic (exact) mass is 1120 g/mol. The van der Waals surface area contributed by atoms with Gasteiger partial charge in [-0.2, -0.15) is 0 Å². The molecule has 4 N–H and O–H groups in total. The molecule has 0 aliphatic heterocycles. The molecule has 0 aliphatic rings. The van der Waals surface area contributed by atoms with Crippen LogP contribution in [0.3, 0.4) is 0 Å². The minimum atomic E-state index is -0.398. The van der Waals surface area contributed by atoms with Gasteiger partial charge in [0.2, 0.25) is 0 Å². The molecule has 13 aromatic rings. The molecule has 3 aromatic carbocycles. The third kappa shape index (κ3) is 10.7. The Morgan fingerprint density at radius 1 is 0.449 bits per heavy atom. The van der Waals surface area contributed by atoms with Gasteiger partial charge in [0, 0.05) is 130 Å². The van der Waals surface area contributed by atoms with Gasteiger partial charge in [-0.3, -0.25) is 44.3 Å². The van der Waals surface area contributed by atoms with E-state index >= 15 is 0 Å². The number of fused-ring (bicyclic) bond motifs is 10. The van der Waals surface area contributed by atoms with Gasteiger partial charge >= 0.3 is 0 Å². The number of hydrogen-bond donors (Lipinski definition) is 4. The van der Waals surface area contributed by atoms with Crippen LogP contribution in [0.2, 0.25) is 0 Å². The van der Waals surface area contributed by atoms with Crippen molar-refractivity contribution in [2.75, 3.05) is 22.6 Å². The molecule has 0 saturated heterocycles. The normalized spacial score (nSPS) is 10.9. The van der Waals surface area contributed by atoms with E-state index in [0.717, 1.165) is 82.8 Å². The summed E-state index contributed by atoms with van der Waals surface area (Å²) in [5.74, 6) is -0.857. The van der Waals surface area contributed by atoms with E-state index in [1.54, 1.807) is 103 Å². The van der Waals surface area contributed by atoms with Crippen LogP contribution in [0.1, 0.15) is 31.6 Å². The quantitative estimate of drug-likeness (QED) is 0.0457. The van der Waals surface area contributed by atoms with Gasteiger partial charge in [-0.15, -0.1) is 0 Å². The number of carbonyl (C=O) groups excluding carboxylic acids is 3. The first kappa shape index (κ1) is 51.3. The van der Waals surface area contributed by atoms with Gasteiger partial charge < -0.3 is 35.0 Å².